The SMILES string of the molecule is COc1cc(/C=C/C(=O)OCc2nc(C(C)C)no2)cc(Cl)c1OC. The first-order valence-electron chi connectivity index (χ1n) is 7.53. The zero-order valence-electron chi connectivity index (χ0n) is 14.4. The number of esters is 1. The number of hydrogen-bond donors (Lipinski definition) is 0. The van der Waals surface area contributed by atoms with E-state index in [0.29, 0.717) is 27.9 Å². The second-order valence-corrected chi connectivity index (χ2v) is 5.79. The van der Waals surface area contributed by atoms with Crippen LogP contribution in [0, 0.1) is 0 Å². The summed E-state index contributed by atoms with van der Waals surface area (Å²) in [5.41, 5.74) is 0.666. The molecule has 134 valence electrons. The van der Waals surface area contributed by atoms with Crippen molar-refractivity contribution in [3.05, 3.63) is 40.5 Å². The highest BCUT2D eigenvalue weighted by Gasteiger charge is 2.12. The van der Waals surface area contributed by atoms with E-state index in [1.54, 1.807) is 18.2 Å². The van der Waals surface area contributed by atoms with Gasteiger partial charge in [-0.1, -0.05) is 30.6 Å². The molecular formula is C17H19ClN2O5. The predicted molar refractivity (Wildman–Crippen MR) is 91.8 cm³/mol. The molecule has 0 spiro atoms. The van der Waals surface area contributed by atoms with Gasteiger partial charge in [-0.2, -0.15) is 4.98 Å². The third kappa shape index (κ3) is 4.96. The van der Waals surface area contributed by atoms with Gasteiger partial charge in [0, 0.05) is 12.0 Å². The lowest BCUT2D eigenvalue weighted by molar-refractivity contribution is -0.139. The summed E-state index contributed by atoms with van der Waals surface area (Å²) in [6.07, 6.45) is 2.83. The van der Waals surface area contributed by atoms with E-state index >= 15 is 0 Å². The Bertz CT molecular complexity index is 770. The van der Waals surface area contributed by atoms with Crippen molar-refractivity contribution in [3.63, 3.8) is 0 Å². The quantitative estimate of drug-likeness (QED) is 0.546. The van der Waals surface area contributed by atoms with E-state index in [1.165, 1.54) is 20.3 Å². The van der Waals surface area contributed by atoms with Crippen LogP contribution in [0.2, 0.25) is 5.02 Å². The van der Waals surface area contributed by atoms with Crippen molar-refractivity contribution in [2.75, 3.05) is 14.2 Å². The minimum atomic E-state index is -0.546. The van der Waals surface area contributed by atoms with Gasteiger partial charge in [-0.05, 0) is 23.8 Å². The van der Waals surface area contributed by atoms with E-state index in [0.717, 1.165) is 0 Å². The van der Waals surface area contributed by atoms with E-state index in [9.17, 15) is 4.79 Å². The molecular weight excluding hydrogens is 348 g/mol. The van der Waals surface area contributed by atoms with Crippen LogP contribution in [0.4, 0.5) is 0 Å². The molecule has 0 amide bonds. The molecule has 7 nitrogen and oxygen atoms in total. The number of aromatic nitrogens is 2. The highest BCUT2D eigenvalue weighted by atomic mass is 35.5. The third-order valence-electron chi connectivity index (χ3n) is 3.21. The van der Waals surface area contributed by atoms with Crippen LogP contribution in [-0.4, -0.2) is 30.3 Å². The number of ether oxygens (including phenoxy) is 3. The predicted octanol–water partition coefficient (Wildman–Crippen LogP) is 3.62. The molecule has 0 fully saturated rings. The largest absolute Gasteiger partial charge is 0.493 e. The molecule has 0 N–H and O–H groups in total. The Labute approximate surface area is 150 Å². The molecule has 0 aliphatic carbocycles. The Morgan fingerprint density at radius 2 is 2.08 bits per heavy atom. The lowest BCUT2D eigenvalue weighted by Gasteiger charge is -2.10. The molecule has 25 heavy (non-hydrogen) atoms. The highest BCUT2D eigenvalue weighted by Crippen LogP contribution is 2.36. The summed E-state index contributed by atoms with van der Waals surface area (Å²) in [5.74, 6) is 1.32. The molecule has 2 aromatic rings. The summed E-state index contributed by atoms with van der Waals surface area (Å²) >= 11 is 6.12. The van der Waals surface area contributed by atoms with Gasteiger partial charge in [0.2, 0.25) is 0 Å². The summed E-state index contributed by atoms with van der Waals surface area (Å²) in [5, 5.41) is 4.17. The molecule has 0 aliphatic heterocycles. The van der Waals surface area contributed by atoms with Crippen LogP contribution >= 0.6 is 11.6 Å². The molecule has 1 aromatic heterocycles. The summed E-state index contributed by atoms with van der Waals surface area (Å²) in [6.45, 7) is 3.80. The van der Waals surface area contributed by atoms with Gasteiger partial charge in [-0.25, -0.2) is 4.79 Å². The first-order chi connectivity index (χ1) is 11.9. The smallest absolute Gasteiger partial charge is 0.331 e. The van der Waals surface area contributed by atoms with Crippen molar-refractivity contribution in [2.45, 2.75) is 26.4 Å². The molecule has 1 aromatic carbocycles. The lowest BCUT2D eigenvalue weighted by atomic mass is 10.2. The van der Waals surface area contributed by atoms with E-state index in [1.807, 2.05) is 13.8 Å². The van der Waals surface area contributed by atoms with Crippen LogP contribution < -0.4 is 9.47 Å². The first kappa shape index (κ1) is 18.8. The number of carbonyl (C=O) groups is 1. The fourth-order valence-electron chi connectivity index (χ4n) is 1.94. The van der Waals surface area contributed by atoms with Crippen LogP contribution in [0.5, 0.6) is 11.5 Å². The van der Waals surface area contributed by atoms with Gasteiger partial charge in [0.15, 0.2) is 23.9 Å². The monoisotopic (exact) mass is 366 g/mol. The van der Waals surface area contributed by atoms with Crippen molar-refractivity contribution >= 4 is 23.6 Å². The van der Waals surface area contributed by atoms with Crippen molar-refractivity contribution < 1.29 is 23.5 Å². The maximum absolute atomic E-state index is 11.8. The minimum Gasteiger partial charge on any atom is -0.493 e. The van der Waals surface area contributed by atoms with E-state index in [-0.39, 0.29) is 18.4 Å². The van der Waals surface area contributed by atoms with Crippen LogP contribution in [0.15, 0.2) is 22.7 Å². The van der Waals surface area contributed by atoms with Crippen LogP contribution in [0.25, 0.3) is 6.08 Å². The Morgan fingerprint density at radius 1 is 1.32 bits per heavy atom. The number of methoxy groups -OCH3 is 2. The molecule has 8 heteroatoms. The van der Waals surface area contributed by atoms with Crippen molar-refractivity contribution in [1.29, 1.82) is 0 Å². The van der Waals surface area contributed by atoms with Crippen molar-refractivity contribution in [2.24, 2.45) is 0 Å². The zero-order chi connectivity index (χ0) is 18.4. The van der Waals surface area contributed by atoms with Gasteiger partial charge in [0.25, 0.3) is 5.89 Å². The van der Waals surface area contributed by atoms with E-state index in [2.05, 4.69) is 10.1 Å². The number of rotatable bonds is 7. The highest BCUT2D eigenvalue weighted by molar-refractivity contribution is 6.32. The first-order valence-corrected chi connectivity index (χ1v) is 7.91. The Hall–Kier alpha value is -2.54. The number of nitrogens with zero attached hydrogens (tertiary/aromatic N) is 2. The summed E-state index contributed by atoms with van der Waals surface area (Å²) in [4.78, 5) is 15.9. The fraction of sp³-hybridized carbons (Fsp3) is 0.353. The number of halogens is 1. The standard InChI is InChI=1S/C17H19ClN2O5/c1-10(2)17-19-14(25-20-17)9-24-15(21)6-5-11-7-12(18)16(23-4)13(8-11)22-3/h5-8,10H,9H2,1-4H3/b6-5+. The van der Waals surface area contributed by atoms with E-state index in [4.69, 9.17) is 30.3 Å². The minimum absolute atomic E-state index is 0.0877. The Kier molecular flexibility index (Phi) is 6.41. The van der Waals surface area contributed by atoms with Gasteiger partial charge in [0.05, 0.1) is 19.2 Å². The maximum Gasteiger partial charge on any atom is 0.331 e. The van der Waals surface area contributed by atoms with Crippen LogP contribution in [-0.2, 0) is 16.1 Å². The summed E-state index contributed by atoms with van der Waals surface area (Å²) in [6, 6.07) is 3.35. The fourth-order valence-corrected chi connectivity index (χ4v) is 2.24. The number of benzene rings is 1. The van der Waals surface area contributed by atoms with Crippen LogP contribution in [0.1, 0.15) is 37.0 Å². The third-order valence-corrected chi connectivity index (χ3v) is 3.49. The Balaban J connectivity index is 1.98. The number of carbonyl (C=O) groups excluding carboxylic acids is 1. The molecule has 0 radical (unpaired) electrons. The van der Waals surface area contributed by atoms with Gasteiger partial charge in [0.1, 0.15) is 0 Å². The maximum atomic E-state index is 11.8. The van der Waals surface area contributed by atoms with E-state index < -0.39 is 5.97 Å². The average Bonchev–Trinajstić information content (AvgIpc) is 3.06. The molecule has 0 saturated carbocycles. The van der Waals surface area contributed by atoms with Gasteiger partial charge in [-0.3, -0.25) is 0 Å². The summed E-state index contributed by atoms with van der Waals surface area (Å²) < 4.78 is 20.4. The topological polar surface area (TPSA) is 83.7 Å². The zero-order valence-corrected chi connectivity index (χ0v) is 15.2. The van der Waals surface area contributed by atoms with Crippen molar-refractivity contribution in [3.8, 4) is 11.5 Å². The molecule has 0 atom stereocenters. The lowest BCUT2D eigenvalue weighted by Crippen LogP contribution is -2.01. The molecule has 0 unspecified atom stereocenters. The Morgan fingerprint density at radius 3 is 2.68 bits per heavy atom. The molecule has 0 aliphatic rings. The summed E-state index contributed by atoms with van der Waals surface area (Å²) in [7, 11) is 3.00. The number of hydrogen-bond acceptors (Lipinski definition) is 7. The molecule has 2 rings (SSSR count). The van der Waals surface area contributed by atoms with Crippen LogP contribution in [0.3, 0.4) is 0 Å². The molecule has 0 bridgehead atoms. The second-order valence-electron chi connectivity index (χ2n) is 5.38. The molecule has 0 saturated heterocycles. The second kappa shape index (κ2) is 8.53. The van der Waals surface area contributed by atoms with Gasteiger partial charge < -0.3 is 18.7 Å². The van der Waals surface area contributed by atoms with Gasteiger partial charge >= 0.3 is 5.97 Å². The van der Waals surface area contributed by atoms with Gasteiger partial charge in [-0.15, -0.1) is 0 Å². The molecule has 1 heterocycles. The normalized spacial score (nSPS) is 11.1. The van der Waals surface area contributed by atoms with Crippen molar-refractivity contribution in [1.82, 2.24) is 10.1 Å². The average molecular weight is 367 g/mol.